The average molecular weight is 988 g/mol. The Morgan fingerprint density at radius 1 is 0.808 bits per heavy atom. The van der Waals surface area contributed by atoms with Gasteiger partial charge < -0.3 is 34.4 Å². The second kappa shape index (κ2) is 18.9. The molecule has 12 rings (SSSR count). The quantitative estimate of drug-likeness (QED) is 0.156. The maximum Gasteiger partial charge on any atom is 0.243 e. The summed E-state index contributed by atoms with van der Waals surface area (Å²) in [4.78, 5) is 88.7. The van der Waals surface area contributed by atoms with Crippen LogP contribution in [0.2, 0.25) is 0 Å². The number of aromatic nitrogens is 3. The van der Waals surface area contributed by atoms with Crippen molar-refractivity contribution in [3.63, 3.8) is 0 Å². The second-order valence-electron chi connectivity index (χ2n) is 22.9. The van der Waals surface area contributed by atoms with Gasteiger partial charge in [-0.3, -0.25) is 29.3 Å². The van der Waals surface area contributed by atoms with Crippen molar-refractivity contribution >= 4 is 57.8 Å². The normalized spacial score (nSPS) is 25.5. The Bertz CT molecular complexity index is 2870. The summed E-state index contributed by atoms with van der Waals surface area (Å²) in [5.41, 5.74) is 5.65. The molecule has 2 aromatic carbocycles. The van der Waals surface area contributed by atoms with Gasteiger partial charge in [0.15, 0.2) is 5.82 Å². The fourth-order valence-electron chi connectivity index (χ4n) is 13.5. The molecule has 16 nitrogen and oxygen atoms in total. The van der Waals surface area contributed by atoms with Crippen LogP contribution < -0.4 is 20.4 Å². The molecule has 4 aromatic rings. The van der Waals surface area contributed by atoms with E-state index in [-0.39, 0.29) is 53.5 Å². The van der Waals surface area contributed by atoms with Crippen LogP contribution in [0.15, 0.2) is 54.9 Å². The molecule has 0 unspecified atom stereocenters. The number of nitriles is 1. The summed E-state index contributed by atoms with van der Waals surface area (Å²) in [5.74, 6) is -0.00451. The highest BCUT2D eigenvalue weighted by molar-refractivity contribution is 6.10. The van der Waals surface area contributed by atoms with E-state index in [4.69, 9.17) is 9.97 Å². The van der Waals surface area contributed by atoms with Gasteiger partial charge in [-0.05, 0) is 146 Å². The monoisotopic (exact) mass is 988 g/mol. The molecule has 2 aliphatic carbocycles. The minimum Gasteiger partial charge on any atom is -0.371 e. The smallest absolute Gasteiger partial charge is 0.243 e. The van der Waals surface area contributed by atoms with Gasteiger partial charge in [-0.15, -0.1) is 0 Å². The molecule has 5 saturated heterocycles. The number of pyridine rings is 1. The van der Waals surface area contributed by atoms with Gasteiger partial charge in [-0.2, -0.15) is 5.26 Å². The number of piperidine rings is 5. The van der Waals surface area contributed by atoms with Gasteiger partial charge >= 0.3 is 0 Å². The molecule has 0 radical (unpaired) electrons. The molecule has 73 heavy (non-hydrogen) atoms. The number of likely N-dealkylation sites (tertiary alicyclic amines) is 3. The van der Waals surface area contributed by atoms with E-state index in [1.807, 2.05) is 40.4 Å². The van der Waals surface area contributed by atoms with E-state index in [0.29, 0.717) is 89.6 Å². The number of carbonyl (C=O) groups is 5. The van der Waals surface area contributed by atoms with Crippen molar-refractivity contribution in [1.82, 2.24) is 34.6 Å². The summed E-state index contributed by atoms with van der Waals surface area (Å²) < 4.78 is 2.18. The molecule has 7 fully saturated rings. The molecule has 1 atom stereocenters. The van der Waals surface area contributed by atoms with Crippen LogP contribution in [0.3, 0.4) is 0 Å². The first kappa shape index (κ1) is 47.7. The molecule has 0 bridgehead atoms. The Kier molecular flexibility index (Phi) is 12.3. The minimum absolute atomic E-state index is 0.0974. The number of amides is 5. The first-order valence-electron chi connectivity index (χ1n) is 27.5. The van der Waals surface area contributed by atoms with Gasteiger partial charge in [-0.25, -0.2) is 9.97 Å². The second-order valence-corrected chi connectivity index (χ2v) is 22.9. The fraction of sp³-hybridized carbons (Fsp3) is 0.579. The molecule has 6 aliphatic heterocycles. The molecule has 16 heteroatoms. The Balaban J connectivity index is 0.715. The van der Waals surface area contributed by atoms with E-state index in [0.717, 1.165) is 102 Å². The van der Waals surface area contributed by atoms with Crippen molar-refractivity contribution < 1.29 is 24.0 Å². The van der Waals surface area contributed by atoms with Crippen LogP contribution in [0.25, 0.3) is 22.3 Å². The third-order valence-corrected chi connectivity index (χ3v) is 18.3. The highest BCUT2D eigenvalue weighted by Gasteiger charge is 2.57. The Morgan fingerprint density at radius 2 is 1.52 bits per heavy atom. The molecule has 8 aliphatic rings. The van der Waals surface area contributed by atoms with Crippen LogP contribution in [0, 0.1) is 22.7 Å². The summed E-state index contributed by atoms with van der Waals surface area (Å²) in [6.07, 6.45) is 13.7. The lowest BCUT2D eigenvalue weighted by molar-refractivity contribution is -0.148. The number of imidazole rings is 1. The molecule has 2 saturated carbocycles. The number of hydrogen-bond acceptors (Lipinski definition) is 11. The Labute approximate surface area is 427 Å². The number of anilines is 3. The van der Waals surface area contributed by atoms with Crippen LogP contribution >= 0.6 is 0 Å². The van der Waals surface area contributed by atoms with Crippen molar-refractivity contribution in [2.45, 2.75) is 146 Å². The molecule has 5 amide bonds. The largest absolute Gasteiger partial charge is 0.371 e. The average Bonchev–Trinajstić information content (AvgIpc) is 4.07. The van der Waals surface area contributed by atoms with Gasteiger partial charge in [0.1, 0.15) is 10.9 Å². The summed E-state index contributed by atoms with van der Waals surface area (Å²) >= 11 is 0. The predicted octanol–water partition coefficient (Wildman–Crippen LogP) is 7.05. The van der Waals surface area contributed by atoms with E-state index in [1.54, 1.807) is 0 Å². The van der Waals surface area contributed by atoms with Crippen molar-refractivity contribution in [1.29, 1.82) is 5.26 Å². The zero-order valence-electron chi connectivity index (χ0n) is 42.5. The van der Waals surface area contributed by atoms with E-state index >= 15 is 4.79 Å². The van der Waals surface area contributed by atoms with Gasteiger partial charge in [0, 0.05) is 92.7 Å². The molecule has 2 aromatic heterocycles. The Hall–Kier alpha value is -6.34. The number of carbonyl (C=O) groups excluding carboxylic acids is 5. The highest BCUT2D eigenvalue weighted by Crippen LogP contribution is 2.53. The standard InChI is InChI=1S/C57H69N11O5/c1-36(2)67-35-59-47-33-46(61-51(50(47)67)60-40-9-10-40)39-8-14-45-48(30-39)68(43-31-42(32-43)63-22-4-3-5-23-63)55(73)57(45)20-28-66(29-21-57)54(72)56(34-58)18-26-65(27-19-56)53(71)38-16-24-64(25-17-38)41-11-6-37(7-12-41)44-13-15-49(69)62-52(44)70/h6-8,11-12,14,30,33,35-36,38,40,42-44H,3-5,9-10,13,15-29,31-32H2,1-2H3,(H,60,61)(H,62,69,70)/t42?,43?,44-/m1/s1. The summed E-state index contributed by atoms with van der Waals surface area (Å²) in [7, 11) is 0. The third-order valence-electron chi connectivity index (χ3n) is 18.3. The number of nitrogens with zero attached hydrogens (tertiary/aromatic N) is 9. The number of rotatable bonds is 10. The summed E-state index contributed by atoms with van der Waals surface area (Å²) in [6, 6.07) is 20.2. The number of nitrogens with one attached hydrogen (secondary N) is 2. The maximum absolute atomic E-state index is 15.3. The van der Waals surface area contributed by atoms with E-state index in [1.165, 1.54) is 19.3 Å². The van der Waals surface area contributed by atoms with Crippen LogP contribution in [-0.4, -0.2) is 129 Å². The number of fused-ring (bicyclic) bond motifs is 3. The van der Waals surface area contributed by atoms with Crippen LogP contribution in [0.4, 0.5) is 17.2 Å². The highest BCUT2D eigenvalue weighted by atomic mass is 16.2. The predicted molar refractivity (Wildman–Crippen MR) is 278 cm³/mol. The third kappa shape index (κ3) is 8.53. The topological polar surface area (TPSA) is 180 Å². The molecule has 8 heterocycles. The Morgan fingerprint density at radius 3 is 2.19 bits per heavy atom. The van der Waals surface area contributed by atoms with Crippen molar-refractivity contribution in [3.05, 3.63) is 66.0 Å². The molecule has 382 valence electrons. The van der Waals surface area contributed by atoms with E-state index < -0.39 is 10.8 Å². The summed E-state index contributed by atoms with van der Waals surface area (Å²) in [6.45, 7) is 9.53. The lowest BCUT2D eigenvalue weighted by atomic mass is 9.72. The fourth-order valence-corrected chi connectivity index (χ4v) is 13.5. The van der Waals surface area contributed by atoms with Crippen LogP contribution in [0.5, 0.6) is 0 Å². The molecular formula is C57H69N11O5. The van der Waals surface area contributed by atoms with Crippen LogP contribution in [-0.2, 0) is 29.4 Å². The molecule has 1 spiro atoms. The first-order valence-corrected chi connectivity index (χ1v) is 27.5. The lowest BCUT2D eigenvalue weighted by Gasteiger charge is -2.48. The number of imide groups is 1. The van der Waals surface area contributed by atoms with Crippen molar-refractivity contribution in [2.24, 2.45) is 11.3 Å². The maximum atomic E-state index is 15.3. The van der Waals surface area contributed by atoms with Gasteiger partial charge in [-0.1, -0.05) is 30.7 Å². The zero-order valence-corrected chi connectivity index (χ0v) is 42.5. The lowest BCUT2D eigenvalue weighted by Crippen LogP contribution is -2.59. The van der Waals surface area contributed by atoms with Crippen molar-refractivity contribution in [2.75, 3.05) is 67.5 Å². The van der Waals surface area contributed by atoms with Gasteiger partial charge in [0.2, 0.25) is 29.5 Å². The van der Waals surface area contributed by atoms with Crippen molar-refractivity contribution in [3.8, 4) is 17.3 Å². The first-order chi connectivity index (χ1) is 35.4. The number of benzene rings is 2. The van der Waals surface area contributed by atoms with E-state index in [9.17, 15) is 24.4 Å². The van der Waals surface area contributed by atoms with Crippen LogP contribution in [0.1, 0.15) is 133 Å². The van der Waals surface area contributed by atoms with Gasteiger partial charge in [0.05, 0.1) is 34.9 Å². The van der Waals surface area contributed by atoms with Gasteiger partial charge in [0.25, 0.3) is 0 Å². The molecule has 2 N–H and O–H groups in total. The zero-order chi connectivity index (χ0) is 50.2. The van der Waals surface area contributed by atoms with E-state index in [2.05, 4.69) is 74.1 Å². The SMILES string of the molecule is CC(C)n1cnc2cc(-c3ccc4c(c3)N(C3CC(N5CCCCC5)C3)C(=O)C43CCN(C(=O)C4(C#N)CCN(C(=O)C5CCN(c6ccc([C@H]7CCC(=O)NC7=O)cc6)CC5)CC4)CC3)nc(NC3CC3)c21. The summed E-state index contributed by atoms with van der Waals surface area (Å²) in [5, 5.41) is 16.9. The minimum atomic E-state index is -1.22. The molecular weight excluding hydrogens is 919 g/mol. The number of hydrogen-bond donors (Lipinski definition) is 2.